The molecule has 2 rings (SSSR count). The summed E-state index contributed by atoms with van der Waals surface area (Å²) < 4.78 is 10.8. The Bertz CT molecular complexity index is 639. The van der Waals surface area contributed by atoms with Gasteiger partial charge in [-0.2, -0.15) is 0 Å². The van der Waals surface area contributed by atoms with Crippen molar-refractivity contribution in [1.29, 1.82) is 0 Å². The Morgan fingerprint density at radius 1 is 1.12 bits per heavy atom. The molecule has 5 heteroatoms. The Morgan fingerprint density at radius 3 is 2.44 bits per heavy atom. The van der Waals surface area contributed by atoms with E-state index in [9.17, 15) is 9.59 Å². The fourth-order valence-corrected chi connectivity index (χ4v) is 2.96. The molecular formula is C20H25ClO4. The van der Waals surface area contributed by atoms with Gasteiger partial charge in [-0.3, -0.25) is 9.59 Å². The minimum absolute atomic E-state index is 0.310. The standard InChI is InChI=1S/C20H25ClO4/c1-3-4-7-12-24-19(22)16-8-5-6-9-17(16)20(23)25-15-10-11-18(21)14(2)13-15/h5-6,10-11,13,16-17H,3-4,7-9,12H2,1-2H3. The Balaban J connectivity index is 1.98. The van der Waals surface area contributed by atoms with Crippen LogP contribution in [-0.2, 0) is 14.3 Å². The van der Waals surface area contributed by atoms with Crippen LogP contribution in [0, 0.1) is 18.8 Å². The van der Waals surface area contributed by atoms with Crippen LogP contribution < -0.4 is 4.74 Å². The molecule has 1 aliphatic carbocycles. The van der Waals surface area contributed by atoms with Gasteiger partial charge in [0.2, 0.25) is 0 Å². The van der Waals surface area contributed by atoms with Gasteiger partial charge in [0, 0.05) is 5.02 Å². The minimum atomic E-state index is -0.514. The highest BCUT2D eigenvalue weighted by Gasteiger charge is 2.36. The Kier molecular flexibility index (Phi) is 7.51. The summed E-state index contributed by atoms with van der Waals surface area (Å²) in [6, 6.07) is 5.07. The number of halogens is 1. The van der Waals surface area contributed by atoms with E-state index in [-0.39, 0.29) is 5.97 Å². The molecule has 0 radical (unpaired) electrons. The number of ether oxygens (including phenoxy) is 2. The summed E-state index contributed by atoms with van der Waals surface area (Å²) >= 11 is 5.99. The second kappa shape index (κ2) is 9.62. The van der Waals surface area contributed by atoms with Gasteiger partial charge < -0.3 is 9.47 Å². The van der Waals surface area contributed by atoms with E-state index in [2.05, 4.69) is 6.92 Å². The summed E-state index contributed by atoms with van der Waals surface area (Å²) in [5.41, 5.74) is 0.836. The number of esters is 2. The molecule has 0 amide bonds. The molecule has 1 aliphatic rings. The van der Waals surface area contributed by atoms with E-state index in [0.29, 0.717) is 30.2 Å². The first-order valence-corrected chi connectivity index (χ1v) is 9.20. The zero-order valence-corrected chi connectivity index (χ0v) is 15.6. The lowest BCUT2D eigenvalue weighted by Crippen LogP contribution is -2.35. The molecule has 4 nitrogen and oxygen atoms in total. The number of carbonyl (C=O) groups excluding carboxylic acids is 2. The van der Waals surface area contributed by atoms with E-state index >= 15 is 0 Å². The van der Waals surface area contributed by atoms with Gasteiger partial charge in [-0.05, 0) is 49.9 Å². The van der Waals surface area contributed by atoms with Gasteiger partial charge in [0.05, 0.1) is 18.4 Å². The van der Waals surface area contributed by atoms with Crippen LogP contribution in [0.25, 0.3) is 0 Å². The van der Waals surface area contributed by atoms with Gasteiger partial charge in [-0.25, -0.2) is 0 Å². The van der Waals surface area contributed by atoms with E-state index < -0.39 is 17.8 Å². The second-order valence-electron chi connectivity index (χ2n) is 6.36. The molecule has 25 heavy (non-hydrogen) atoms. The average Bonchev–Trinajstić information content (AvgIpc) is 2.61. The van der Waals surface area contributed by atoms with Crippen LogP contribution in [0.1, 0.15) is 44.6 Å². The Morgan fingerprint density at radius 2 is 1.80 bits per heavy atom. The van der Waals surface area contributed by atoms with Gasteiger partial charge in [-0.1, -0.05) is 43.5 Å². The van der Waals surface area contributed by atoms with E-state index in [1.165, 1.54) is 0 Å². The van der Waals surface area contributed by atoms with Crippen molar-refractivity contribution < 1.29 is 19.1 Å². The van der Waals surface area contributed by atoms with Crippen LogP contribution in [0.3, 0.4) is 0 Å². The molecule has 0 aliphatic heterocycles. The number of aryl methyl sites for hydroxylation is 1. The Labute approximate surface area is 154 Å². The van der Waals surface area contributed by atoms with Crippen molar-refractivity contribution in [2.45, 2.75) is 46.0 Å². The molecule has 0 fully saturated rings. The highest BCUT2D eigenvalue weighted by molar-refractivity contribution is 6.31. The normalized spacial score (nSPS) is 19.5. The topological polar surface area (TPSA) is 52.6 Å². The number of carbonyl (C=O) groups is 2. The molecule has 1 aromatic carbocycles. The molecule has 1 aromatic rings. The third kappa shape index (κ3) is 5.60. The van der Waals surface area contributed by atoms with E-state index in [1.54, 1.807) is 18.2 Å². The maximum absolute atomic E-state index is 12.6. The van der Waals surface area contributed by atoms with Gasteiger partial charge in [0.1, 0.15) is 5.75 Å². The zero-order chi connectivity index (χ0) is 18.2. The molecule has 2 atom stereocenters. The predicted octanol–water partition coefficient (Wildman–Crippen LogP) is 4.87. The third-order valence-electron chi connectivity index (χ3n) is 4.38. The summed E-state index contributed by atoms with van der Waals surface area (Å²) in [6.07, 6.45) is 7.78. The number of rotatable bonds is 7. The zero-order valence-electron chi connectivity index (χ0n) is 14.8. The molecule has 2 unspecified atom stereocenters. The highest BCUT2D eigenvalue weighted by Crippen LogP contribution is 2.29. The van der Waals surface area contributed by atoms with Crippen molar-refractivity contribution in [2.24, 2.45) is 11.8 Å². The smallest absolute Gasteiger partial charge is 0.315 e. The van der Waals surface area contributed by atoms with Crippen LogP contribution >= 0.6 is 11.6 Å². The number of benzene rings is 1. The maximum Gasteiger partial charge on any atom is 0.315 e. The van der Waals surface area contributed by atoms with Crippen molar-refractivity contribution in [3.8, 4) is 5.75 Å². The second-order valence-corrected chi connectivity index (χ2v) is 6.77. The fraction of sp³-hybridized carbons (Fsp3) is 0.500. The van der Waals surface area contributed by atoms with Crippen molar-refractivity contribution in [2.75, 3.05) is 6.61 Å². The molecule has 0 saturated heterocycles. The minimum Gasteiger partial charge on any atom is -0.465 e. The van der Waals surface area contributed by atoms with Crippen LogP contribution in [0.2, 0.25) is 5.02 Å². The van der Waals surface area contributed by atoms with Gasteiger partial charge >= 0.3 is 11.9 Å². The maximum atomic E-state index is 12.6. The summed E-state index contributed by atoms with van der Waals surface area (Å²) in [6.45, 7) is 4.35. The number of hydrogen-bond acceptors (Lipinski definition) is 4. The van der Waals surface area contributed by atoms with Crippen molar-refractivity contribution in [3.63, 3.8) is 0 Å². The lowest BCUT2D eigenvalue weighted by molar-refractivity contribution is -0.156. The lowest BCUT2D eigenvalue weighted by Gasteiger charge is -2.25. The van der Waals surface area contributed by atoms with Gasteiger partial charge in [-0.15, -0.1) is 0 Å². The fourth-order valence-electron chi connectivity index (χ4n) is 2.84. The quantitative estimate of drug-likeness (QED) is 0.300. The average molecular weight is 365 g/mol. The molecule has 0 N–H and O–H groups in total. The summed E-state index contributed by atoms with van der Waals surface area (Å²) in [5.74, 6) is -1.26. The third-order valence-corrected chi connectivity index (χ3v) is 4.80. The van der Waals surface area contributed by atoms with Crippen LogP contribution in [0.5, 0.6) is 5.75 Å². The Hall–Kier alpha value is -1.81. The van der Waals surface area contributed by atoms with Crippen molar-refractivity contribution in [3.05, 3.63) is 40.9 Å². The SMILES string of the molecule is CCCCCOC(=O)C1CC=CCC1C(=O)Oc1ccc(Cl)c(C)c1. The summed E-state index contributed by atoms with van der Waals surface area (Å²) in [4.78, 5) is 24.9. The van der Waals surface area contributed by atoms with Crippen LogP contribution in [0.15, 0.2) is 30.4 Å². The van der Waals surface area contributed by atoms with E-state index in [1.807, 2.05) is 19.1 Å². The first-order valence-electron chi connectivity index (χ1n) is 8.82. The van der Waals surface area contributed by atoms with Crippen molar-refractivity contribution in [1.82, 2.24) is 0 Å². The van der Waals surface area contributed by atoms with Gasteiger partial charge in [0.25, 0.3) is 0 Å². The molecule has 0 aromatic heterocycles. The molecule has 0 heterocycles. The largest absolute Gasteiger partial charge is 0.465 e. The number of hydrogen-bond donors (Lipinski definition) is 0. The van der Waals surface area contributed by atoms with Crippen LogP contribution in [0.4, 0.5) is 0 Å². The van der Waals surface area contributed by atoms with E-state index in [4.69, 9.17) is 21.1 Å². The molecule has 0 bridgehead atoms. The molecule has 0 spiro atoms. The highest BCUT2D eigenvalue weighted by atomic mass is 35.5. The number of allylic oxidation sites excluding steroid dienone is 2. The van der Waals surface area contributed by atoms with Crippen LogP contribution in [-0.4, -0.2) is 18.5 Å². The van der Waals surface area contributed by atoms with Crippen molar-refractivity contribution >= 4 is 23.5 Å². The summed E-state index contributed by atoms with van der Waals surface area (Å²) in [7, 11) is 0. The van der Waals surface area contributed by atoms with Gasteiger partial charge in [0.15, 0.2) is 0 Å². The monoisotopic (exact) mass is 364 g/mol. The molecule has 0 saturated carbocycles. The molecule has 136 valence electrons. The summed E-state index contributed by atoms with van der Waals surface area (Å²) in [5, 5.41) is 0.619. The lowest BCUT2D eigenvalue weighted by atomic mass is 9.83. The first-order chi connectivity index (χ1) is 12.0. The number of unbranched alkanes of at least 4 members (excludes halogenated alkanes) is 2. The molecular weight excluding hydrogens is 340 g/mol. The van der Waals surface area contributed by atoms with E-state index in [0.717, 1.165) is 24.8 Å². The first kappa shape index (κ1) is 19.5. The predicted molar refractivity (Wildman–Crippen MR) is 97.7 cm³/mol.